The van der Waals surface area contributed by atoms with Crippen molar-refractivity contribution in [3.05, 3.63) is 57.8 Å². The summed E-state index contributed by atoms with van der Waals surface area (Å²) in [6.07, 6.45) is 3.50. The average molecular weight is 366 g/mol. The predicted octanol–water partition coefficient (Wildman–Crippen LogP) is 1.71. The molecule has 1 saturated heterocycles. The summed E-state index contributed by atoms with van der Waals surface area (Å²) in [5.41, 5.74) is 7.15. The minimum Gasteiger partial charge on any atom is -0.346 e. The highest BCUT2D eigenvalue weighted by atomic mass is 19.1. The summed E-state index contributed by atoms with van der Waals surface area (Å²) in [7, 11) is 0. The topological polar surface area (TPSA) is 104 Å². The lowest BCUT2D eigenvalue weighted by Gasteiger charge is -2.33. The first-order valence-corrected chi connectivity index (χ1v) is 8.84. The van der Waals surface area contributed by atoms with E-state index in [1.807, 2.05) is 4.90 Å². The molecule has 1 aliphatic rings. The van der Waals surface area contributed by atoms with E-state index in [4.69, 9.17) is 5.73 Å². The monoisotopic (exact) mass is 366 g/mol. The standard InChI is InChI=1S/C19H19FN6O/c20-14-4-3-12(9-21)13(8-14)10-26-18(27)16-5-6-23-17(16)24-19(26)25-7-1-2-15(22)11-25/h3-6,8,15,23H,1-2,7,10-11,22H2/t15-/m1/s1. The van der Waals surface area contributed by atoms with Gasteiger partial charge in [-0.05, 0) is 42.7 Å². The Labute approximate surface area is 154 Å². The van der Waals surface area contributed by atoms with Gasteiger partial charge in [0.1, 0.15) is 11.5 Å². The Kier molecular flexibility index (Phi) is 4.38. The van der Waals surface area contributed by atoms with Crippen LogP contribution in [-0.4, -0.2) is 33.7 Å². The van der Waals surface area contributed by atoms with Crippen molar-refractivity contribution in [3.63, 3.8) is 0 Å². The van der Waals surface area contributed by atoms with Gasteiger partial charge in [0.25, 0.3) is 5.56 Å². The normalized spacial score (nSPS) is 17.2. The molecule has 138 valence electrons. The lowest BCUT2D eigenvalue weighted by atomic mass is 10.1. The summed E-state index contributed by atoms with van der Waals surface area (Å²) < 4.78 is 15.3. The number of rotatable bonds is 3. The van der Waals surface area contributed by atoms with Crippen molar-refractivity contribution in [2.75, 3.05) is 18.0 Å². The van der Waals surface area contributed by atoms with Crippen molar-refractivity contribution in [2.45, 2.75) is 25.4 Å². The molecule has 0 aliphatic carbocycles. The number of nitriles is 1. The van der Waals surface area contributed by atoms with Gasteiger partial charge in [0.15, 0.2) is 0 Å². The first-order valence-electron chi connectivity index (χ1n) is 8.84. The molecular formula is C19H19FN6O. The SMILES string of the molecule is N#Cc1ccc(F)cc1Cn1c(N2CCC[C@@H](N)C2)nc2[nH]ccc2c1=O. The minimum atomic E-state index is -0.450. The molecule has 7 nitrogen and oxygen atoms in total. The number of hydrogen-bond donors (Lipinski definition) is 2. The Hall–Kier alpha value is -3.18. The summed E-state index contributed by atoms with van der Waals surface area (Å²) >= 11 is 0. The maximum Gasteiger partial charge on any atom is 0.264 e. The number of nitrogens with one attached hydrogen (secondary N) is 1. The number of fused-ring (bicyclic) bond motifs is 1. The molecule has 0 spiro atoms. The summed E-state index contributed by atoms with van der Waals surface area (Å²) in [5, 5.41) is 9.79. The third-order valence-electron chi connectivity index (χ3n) is 4.91. The predicted molar refractivity (Wildman–Crippen MR) is 100.0 cm³/mol. The van der Waals surface area contributed by atoms with Crippen LogP contribution in [0.4, 0.5) is 10.3 Å². The van der Waals surface area contributed by atoms with Crippen LogP contribution in [0.1, 0.15) is 24.0 Å². The van der Waals surface area contributed by atoms with Gasteiger partial charge in [-0.3, -0.25) is 9.36 Å². The second-order valence-electron chi connectivity index (χ2n) is 6.80. The van der Waals surface area contributed by atoms with Crippen molar-refractivity contribution in [1.29, 1.82) is 5.26 Å². The smallest absolute Gasteiger partial charge is 0.264 e. The van der Waals surface area contributed by atoms with E-state index in [0.29, 0.717) is 34.7 Å². The van der Waals surface area contributed by atoms with Crippen molar-refractivity contribution < 1.29 is 4.39 Å². The van der Waals surface area contributed by atoms with E-state index >= 15 is 0 Å². The van der Waals surface area contributed by atoms with Gasteiger partial charge in [-0.25, -0.2) is 4.39 Å². The fourth-order valence-electron chi connectivity index (χ4n) is 3.57. The molecule has 1 aromatic carbocycles. The maximum atomic E-state index is 13.8. The van der Waals surface area contributed by atoms with E-state index in [1.165, 1.54) is 22.8 Å². The Bertz CT molecular complexity index is 1100. The number of aromatic amines is 1. The van der Waals surface area contributed by atoms with Gasteiger partial charge in [-0.15, -0.1) is 0 Å². The molecule has 3 heterocycles. The van der Waals surface area contributed by atoms with E-state index in [2.05, 4.69) is 16.0 Å². The average Bonchev–Trinajstić information content (AvgIpc) is 3.13. The fourth-order valence-corrected chi connectivity index (χ4v) is 3.57. The van der Waals surface area contributed by atoms with Crippen LogP contribution < -0.4 is 16.2 Å². The number of anilines is 1. The first-order chi connectivity index (χ1) is 13.1. The molecule has 3 aromatic rings. The largest absolute Gasteiger partial charge is 0.346 e. The van der Waals surface area contributed by atoms with Crippen LogP contribution in [-0.2, 0) is 6.54 Å². The van der Waals surface area contributed by atoms with Crippen LogP contribution in [0.5, 0.6) is 0 Å². The highest BCUT2D eigenvalue weighted by Gasteiger charge is 2.23. The third-order valence-corrected chi connectivity index (χ3v) is 4.91. The molecule has 27 heavy (non-hydrogen) atoms. The van der Waals surface area contributed by atoms with Crippen molar-refractivity contribution in [3.8, 4) is 6.07 Å². The molecule has 0 saturated carbocycles. The number of aromatic nitrogens is 3. The molecule has 4 rings (SSSR count). The van der Waals surface area contributed by atoms with Crippen molar-refractivity contribution >= 4 is 17.0 Å². The molecule has 0 radical (unpaired) electrons. The fraction of sp³-hybridized carbons (Fsp3) is 0.316. The molecule has 0 unspecified atom stereocenters. The molecular weight excluding hydrogens is 347 g/mol. The Morgan fingerprint density at radius 3 is 3.04 bits per heavy atom. The summed E-state index contributed by atoms with van der Waals surface area (Å²) in [5.74, 6) is 0.0347. The molecule has 0 amide bonds. The Balaban J connectivity index is 1.87. The van der Waals surface area contributed by atoms with Gasteiger partial charge < -0.3 is 15.6 Å². The zero-order chi connectivity index (χ0) is 19.0. The van der Waals surface area contributed by atoms with E-state index in [9.17, 15) is 14.4 Å². The quantitative estimate of drug-likeness (QED) is 0.734. The van der Waals surface area contributed by atoms with Crippen LogP contribution in [0.2, 0.25) is 0 Å². The summed E-state index contributed by atoms with van der Waals surface area (Å²) in [6, 6.07) is 7.69. The summed E-state index contributed by atoms with van der Waals surface area (Å²) in [4.78, 5) is 22.7. The zero-order valence-corrected chi connectivity index (χ0v) is 14.7. The number of halogens is 1. The van der Waals surface area contributed by atoms with Crippen LogP contribution in [0.3, 0.4) is 0 Å². The molecule has 1 atom stereocenters. The number of H-pyrrole nitrogens is 1. The van der Waals surface area contributed by atoms with Crippen LogP contribution in [0.25, 0.3) is 11.0 Å². The van der Waals surface area contributed by atoms with Gasteiger partial charge >= 0.3 is 0 Å². The maximum absolute atomic E-state index is 13.8. The van der Waals surface area contributed by atoms with E-state index < -0.39 is 5.82 Å². The van der Waals surface area contributed by atoms with Gasteiger partial charge in [0, 0.05) is 25.3 Å². The second kappa shape index (κ2) is 6.85. The Morgan fingerprint density at radius 1 is 1.41 bits per heavy atom. The number of nitrogens with two attached hydrogens (primary N) is 1. The molecule has 0 bridgehead atoms. The van der Waals surface area contributed by atoms with Crippen molar-refractivity contribution in [2.24, 2.45) is 5.73 Å². The molecule has 3 N–H and O–H groups in total. The third kappa shape index (κ3) is 3.17. The molecule has 8 heteroatoms. The van der Waals surface area contributed by atoms with Crippen LogP contribution >= 0.6 is 0 Å². The summed E-state index contributed by atoms with van der Waals surface area (Å²) in [6.45, 7) is 1.39. The van der Waals surface area contributed by atoms with Gasteiger partial charge in [0.05, 0.1) is 23.6 Å². The number of piperidine rings is 1. The van der Waals surface area contributed by atoms with E-state index in [1.54, 1.807) is 12.3 Å². The van der Waals surface area contributed by atoms with E-state index in [0.717, 1.165) is 19.4 Å². The zero-order valence-electron chi connectivity index (χ0n) is 14.7. The number of hydrogen-bond acceptors (Lipinski definition) is 5. The molecule has 1 aliphatic heterocycles. The van der Waals surface area contributed by atoms with Gasteiger partial charge in [0.2, 0.25) is 5.95 Å². The first kappa shape index (κ1) is 17.2. The number of nitrogens with zero attached hydrogens (tertiary/aromatic N) is 4. The highest BCUT2D eigenvalue weighted by molar-refractivity contribution is 5.75. The second-order valence-corrected chi connectivity index (χ2v) is 6.80. The van der Waals surface area contributed by atoms with Crippen molar-refractivity contribution in [1.82, 2.24) is 14.5 Å². The lowest BCUT2D eigenvalue weighted by Crippen LogP contribution is -2.45. The van der Waals surface area contributed by atoms with Gasteiger partial charge in [-0.2, -0.15) is 10.2 Å². The Morgan fingerprint density at radius 2 is 2.26 bits per heavy atom. The lowest BCUT2D eigenvalue weighted by molar-refractivity contribution is 0.491. The van der Waals surface area contributed by atoms with Crippen LogP contribution in [0, 0.1) is 17.1 Å². The van der Waals surface area contributed by atoms with Crippen LogP contribution in [0.15, 0.2) is 35.3 Å². The minimum absolute atomic E-state index is 0.00674. The van der Waals surface area contributed by atoms with E-state index in [-0.39, 0.29) is 18.1 Å². The number of benzene rings is 1. The van der Waals surface area contributed by atoms with Gasteiger partial charge in [-0.1, -0.05) is 0 Å². The highest BCUT2D eigenvalue weighted by Crippen LogP contribution is 2.21. The molecule has 2 aromatic heterocycles. The molecule has 1 fully saturated rings.